The van der Waals surface area contributed by atoms with E-state index in [-0.39, 0.29) is 12.0 Å². The summed E-state index contributed by atoms with van der Waals surface area (Å²) in [5.41, 5.74) is 0.679. The molecule has 1 saturated carbocycles. The zero-order valence-electron chi connectivity index (χ0n) is 7.77. The van der Waals surface area contributed by atoms with Crippen molar-refractivity contribution in [2.45, 2.75) is 18.9 Å². The first-order chi connectivity index (χ1) is 6.77. The molecule has 0 spiro atoms. The molecule has 1 unspecified atom stereocenters. The van der Waals surface area contributed by atoms with Crippen LogP contribution in [0.5, 0.6) is 0 Å². The maximum atomic E-state index is 11.4. The quantitative estimate of drug-likeness (QED) is 0.787. The van der Waals surface area contributed by atoms with Gasteiger partial charge in [0.25, 0.3) is 5.91 Å². The van der Waals surface area contributed by atoms with Gasteiger partial charge in [0.1, 0.15) is 0 Å². The Kier molecular flexibility index (Phi) is 2.84. The van der Waals surface area contributed by atoms with Crippen LogP contribution in [0.4, 0.5) is 0 Å². The average Bonchev–Trinajstić information content (AvgIpc) is 2.90. The molecule has 2 N–H and O–H groups in total. The Bertz CT molecular complexity index is 306. The third-order valence-electron chi connectivity index (χ3n) is 2.42. The van der Waals surface area contributed by atoms with Crippen molar-refractivity contribution < 1.29 is 9.90 Å². The topological polar surface area (TPSA) is 49.3 Å². The van der Waals surface area contributed by atoms with Crippen molar-refractivity contribution in [2.75, 3.05) is 6.54 Å². The van der Waals surface area contributed by atoms with Crippen molar-refractivity contribution in [3.63, 3.8) is 0 Å². The number of aliphatic hydroxyl groups is 1. The fourth-order valence-corrected chi connectivity index (χ4v) is 1.98. The maximum absolute atomic E-state index is 11.4. The number of carbonyl (C=O) groups excluding carboxylic acids is 1. The van der Waals surface area contributed by atoms with Crippen molar-refractivity contribution in [3.05, 3.63) is 22.4 Å². The molecule has 1 heterocycles. The highest BCUT2D eigenvalue weighted by atomic mass is 32.1. The molecule has 0 saturated heterocycles. The normalized spacial score (nSPS) is 17.8. The predicted molar refractivity (Wildman–Crippen MR) is 55.4 cm³/mol. The number of hydrogen-bond donors (Lipinski definition) is 2. The largest absolute Gasteiger partial charge is 0.391 e. The van der Waals surface area contributed by atoms with Crippen LogP contribution < -0.4 is 5.32 Å². The van der Waals surface area contributed by atoms with E-state index < -0.39 is 0 Å². The first-order valence-electron chi connectivity index (χ1n) is 4.76. The lowest BCUT2D eigenvalue weighted by atomic mass is 10.2. The van der Waals surface area contributed by atoms with Crippen molar-refractivity contribution in [2.24, 2.45) is 5.92 Å². The predicted octanol–water partition coefficient (Wildman–Crippen LogP) is 1.25. The molecule has 4 heteroatoms. The Balaban J connectivity index is 1.77. The van der Waals surface area contributed by atoms with Gasteiger partial charge in [-0.2, -0.15) is 11.3 Å². The third kappa shape index (κ3) is 2.33. The number of nitrogens with one attached hydrogen (secondary N) is 1. The number of rotatable bonds is 4. The molecule has 3 nitrogen and oxygen atoms in total. The van der Waals surface area contributed by atoms with Crippen LogP contribution in [-0.2, 0) is 0 Å². The van der Waals surface area contributed by atoms with Crippen LogP contribution in [-0.4, -0.2) is 23.7 Å². The first kappa shape index (κ1) is 9.68. The van der Waals surface area contributed by atoms with Crippen LogP contribution in [0.15, 0.2) is 16.8 Å². The minimum absolute atomic E-state index is 0.0917. The standard InChI is InChI=1S/C10H13NO2S/c12-9(7-1-2-7)5-11-10(13)8-3-4-14-6-8/h3-4,6-7,9,12H,1-2,5H2,(H,11,13). The van der Waals surface area contributed by atoms with Crippen LogP contribution in [0, 0.1) is 5.92 Å². The van der Waals surface area contributed by atoms with Gasteiger partial charge in [0, 0.05) is 17.5 Å². The van der Waals surface area contributed by atoms with Gasteiger partial charge in [-0.25, -0.2) is 0 Å². The highest BCUT2D eigenvalue weighted by Crippen LogP contribution is 2.32. The Hall–Kier alpha value is -0.870. The van der Waals surface area contributed by atoms with E-state index in [1.165, 1.54) is 11.3 Å². The van der Waals surface area contributed by atoms with E-state index >= 15 is 0 Å². The smallest absolute Gasteiger partial charge is 0.252 e. The Morgan fingerprint density at radius 3 is 3.07 bits per heavy atom. The molecule has 1 amide bonds. The summed E-state index contributed by atoms with van der Waals surface area (Å²) in [4.78, 5) is 11.4. The number of thiophene rings is 1. The molecule has 0 aromatic carbocycles. The van der Waals surface area contributed by atoms with Gasteiger partial charge in [-0.15, -0.1) is 0 Å². The number of aliphatic hydroxyl groups excluding tert-OH is 1. The zero-order valence-corrected chi connectivity index (χ0v) is 8.59. The van der Waals surface area contributed by atoms with Gasteiger partial charge in [-0.05, 0) is 30.2 Å². The molecule has 1 atom stereocenters. The van der Waals surface area contributed by atoms with Gasteiger partial charge in [0.2, 0.25) is 0 Å². The SMILES string of the molecule is O=C(NCC(O)C1CC1)c1ccsc1. The monoisotopic (exact) mass is 211 g/mol. The van der Waals surface area contributed by atoms with Crippen LogP contribution in [0.2, 0.25) is 0 Å². The van der Waals surface area contributed by atoms with Crippen molar-refractivity contribution in [1.82, 2.24) is 5.32 Å². The molecule has 14 heavy (non-hydrogen) atoms. The summed E-state index contributed by atoms with van der Waals surface area (Å²) in [6.07, 6.45) is 1.82. The molecule has 1 aliphatic rings. The van der Waals surface area contributed by atoms with Gasteiger partial charge in [0.05, 0.1) is 6.10 Å². The van der Waals surface area contributed by atoms with Crippen molar-refractivity contribution in [1.29, 1.82) is 0 Å². The molecule has 0 aliphatic heterocycles. The lowest BCUT2D eigenvalue weighted by Crippen LogP contribution is -2.32. The molecule has 0 radical (unpaired) electrons. The number of amides is 1. The minimum Gasteiger partial charge on any atom is -0.391 e. The van der Waals surface area contributed by atoms with Crippen molar-refractivity contribution >= 4 is 17.2 Å². The summed E-state index contributed by atoms with van der Waals surface area (Å²) in [6, 6.07) is 1.78. The Morgan fingerprint density at radius 2 is 2.50 bits per heavy atom. The summed E-state index contributed by atoms with van der Waals surface area (Å²) in [6.45, 7) is 0.374. The Morgan fingerprint density at radius 1 is 1.71 bits per heavy atom. The number of hydrogen-bond acceptors (Lipinski definition) is 3. The van der Waals surface area contributed by atoms with E-state index in [1.807, 2.05) is 5.38 Å². The summed E-state index contributed by atoms with van der Waals surface area (Å²) >= 11 is 1.50. The van der Waals surface area contributed by atoms with Crippen LogP contribution in [0.1, 0.15) is 23.2 Å². The molecule has 1 aromatic heterocycles. The van der Waals surface area contributed by atoms with Gasteiger partial charge < -0.3 is 10.4 Å². The molecular weight excluding hydrogens is 198 g/mol. The fraction of sp³-hybridized carbons (Fsp3) is 0.500. The van der Waals surface area contributed by atoms with E-state index in [0.29, 0.717) is 18.0 Å². The van der Waals surface area contributed by atoms with Crippen LogP contribution >= 0.6 is 11.3 Å². The minimum atomic E-state index is -0.363. The molecule has 1 aliphatic carbocycles. The van der Waals surface area contributed by atoms with E-state index in [0.717, 1.165) is 12.8 Å². The van der Waals surface area contributed by atoms with Gasteiger partial charge in [-0.1, -0.05) is 0 Å². The van der Waals surface area contributed by atoms with Crippen LogP contribution in [0.3, 0.4) is 0 Å². The fourth-order valence-electron chi connectivity index (χ4n) is 1.34. The summed E-state index contributed by atoms with van der Waals surface area (Å²) in [5, 5.41) is 15.9. The van der Waals surface area contributed by atoms with Crippen LogP contribution in [0.25, 0.3) is 0 Å². The molecule has 1 fully saturated rings. The van der Waals surface area contributed by atoms with E-state index in [1.54, 1.807) is 11.4 Å². The first-order valence-corrected chi connectivity index (χ1v) is 5.70. The maximum Gasteiger partial charge on any atom is 0.252 e. The van der Waals surface area contributed by atoms with Gasteiger partial charge >= 0.3 is 0 Å². The second-order valence-corrected chi connectivity index (χ2v) is 4.41. The second-order valence-electron chi connectivity index (χ2n) is 3.63. The van der Waals surface area contributed by atoms with E-state index in [9.17, 15) is 9.90 Å². The number of carbonyl (C=O) groups is 1. The van der Waals surface area contributed by atoms with Crippen molar-refractivity contribution in [3.8, 4) is 0 Å². The molecule has 1 aromatic rings. The lowest BCUT2D eigenvalue weighted by Gasteiger charge is -2.09. The van der Waals surface area contributed by atoms with Gasteiger partial charge in [0.15, 0.2) is 0 Å². The third-order valence-corrected chi connectivity index (χ3v) is 3.10. The Labute approximate surface area is 86.8 Å². The molecule has 0 bridgehead atoms. The highest BCUT2D eigenvalue weighted by molar-refractivity contribution is 7.08. The molecular formula is C10H13NO2S. The van der Waals surface area contributed by atoms with E-state index in [4.69, 9.17) is 0 Å². The average molecular weight is 211 g/mol. The zero-order chi connectivity index (χ0) is 9.97. The lowest BCUT2D eigenvalue weighted by molar-refractivity contribution is 0.0901. The summed E-state index contributed by atoms with van der Waals surface area (Å²) in [5.74, 6) is 0.323. The van der Waals surface area contributed by atoms with E-state index in [2.05, 4.69) is 5.32 Å². The summed E-state index contributed by atoms with van der Waals surface area (Å²) < 4.78 is 0. The molecule has 76 valence electrons. The second kappa shape index (κ2) is 4.11. The molecule has 2 rings (SSSR count). The summed E-state index contributed by atoms with van der Waals surface area (Å²) in [7, 11) is 0. The van der Waals surface area contributed by atoms with Gasteiger partial charge in [-0.3, -0.25) is 4.79 Å². The highest BCUT2D eigenvalue weighted by Gasteiger charge is 2.29.